The lowest BCUT2D eigenvalue weighted by Gasteiger charge is -2.36. The number of fused-ring (bicyclic) bond motifs is 1. The first-order valence-corrected chi connectivity index (χ1v) is 10.5. The Bertz CT molecular complexity index is 1200. The van der Waals surface area contributed by atoms with Crippen LogP contribution < -0.4 is 4.90 Å². The van der Waals surface area contributed by atoms with Gasteiger partial charge in [-0.05, 0) is 36.8 Å². The van der Waals surface area contributed by atoms with E-state index in [2.05, 4.69) is 36.1 Å². The fraction of sp³-hybridized carbons (Fsp3) is 0.240. The third-order valence-electron chi connectivity index (χ3n) is 5.96. The SMILES string of the molecule is Cc1ccc(Cn2c(C(=O)N3CCN(c4ccc(F)cc4)CC3)cc3occc32)cc1. The molecule has 1 aliphatic rings. The molecule has 2 aromatic carbocycles. The highest BCUT2D eigenvalue weighted by atomic mass is 19.1. The normalized spacial score (nSPS) is 14.4. The number of anilines is 1. The molecule has 0 aliphatic carbocycles. The maximum Gasteiger partial charge on any atom is 0.270 e. The van der Waals surface area contributed by atoms with Crippen LogP contribution in [-0.2, 0) is 6.54 Å². The molecule has 2 aromatic heterocycles. The summed E-state index contributed by atoms with van der Waals surface area (Å²) in [5.74, 6) is -0.228. The number of furan rings is 1. The molecule has 5 rings (SSSR count). The quantitative estimate of drug-likeness (QED) is 0.484. The first-order valence-electron chi connectivity index (χ1n) is 10.5. The fourth-order valence-electron chi connectivity index (χ4n) is 4.18. The number of benzene rings is 2. The van der Waals surface area contributed by atoms with Crippen molar-refractivity contribution in [3.8, 4) is 0 Å². The average Bonchev–Trinajstić information content (AvgIpc) is 3.38. The molecule has 1 aliphatic heterocycles. The second-order valence-electron chi connectivity index (χ2n) is 8.03. The lowest BCUT2D eigenvalue weighted by atomic mass is 10.1. The Labute approximate surface area is 180 Å². The number of rotatable bonds is 4. The molecule has 0 bridgehead atoms. The first-order chi connectivity index (χ1) is 15.1. The molecule has 0 radical (unpaired) electrons. The van der Waals surface area contributed by atoms with Gasteiger partial charge >= 0.3 is 0 Å². The van der Waals surface area contributed by atoms with E-state index >= 15 is 0 Å². The highest BCUT2D eigenvalue weighted by Gasteiger charge is 2.26. The van der Waals surface area contributed by atoms with Gasteiger partial charge in [-0.2, -0.15) is 0 Å². The first kappa shape index (κ1) is 19.4. The third-order valence-corrected chi connectivity index (χ3v) is 5.96. The second-order valence-corrected chi connectivity index (χ2v) is 8.03. The molecular weight excluding hydrogens is 393 g/mol. The number of aromatic nitrogens is 1. The molecule has 0 atom stereocenters. The Morgan fingerprint density at radius 2 is 1.68 bits per heavy atom. The number of aryl methyl sites for hydroxylation is 1. The summed E-state index contributed by atoms with van der Waals surface area (Å²) in [4.78, 5) is 17.5. The van der Waals surface area contributed by atoms with Gasteiger partial charge in [-0.3, -0.25) is 4.79 Å². The van der Waals surface area contributed by atoms with Crippen molar-refractivity contribution in [1.29, 1.82) is 0 Å². The maximum atomic E-state index is 13.4. The lowest BCUT2D eigenvalue weighted by molar-refractivity contribution is 0.0737. The van der Waals surface area contributed by atoms with Gasteiger partial charge in [0.2, 0.25) is 0 Å². The van der Waals surface area contributed by atoms with Gasteiger partial charge in [0.15, 0.2) is 5.58 Å². The molecule has 158 valence electrons. The smallest absolute Gasteiger partial charge is 0.270 e. The summed E-state index contributed by atoms with van der Waals surface area (Å²) in [6, 6.07) is 18.6. The van der Waals surface area contributed by atoms with Crippen molar-refractivity contribution in [3.63, 3.8) is 0 Å². The third kappa shape index (κ3) is 3.81. The highest BCUT2D eigenvalue weighted by molar-refractivity contribution is 5.97. The van der Waals surface area contributed by atoms with E-state index in [9.17, 15) is 9.18 Å². The number of piperazine rings is 1. The molecule has 0 unspecified atom stereocenters. The zero-order chi connectivity index (χ0) is 21.4. The van der Waals surface area contributed by atoms with Crippen LogP contribution >= 0.6 is 0 Å². The minimum atomic E-state index is -0.240. The number of halogens is 1. The van der Waals surface area contributed by atoms with Gasteiger partial charge < -0.3 is 18.8 Å². The Morgan fingerprint density at radius 3 is 2.39 bits per heavy atom. The summed E-state index contributed by atoms with van der Waals surface area (Å²) in [7, 11) is 0. The van der Waals surface area contributed by atoms with E-state index < -0.39 is 0 Å². The van der Waals surface area contributed by atoms with Crippen LogP contribution in [0, 0.1) is 12.7 Å². The fourth-order valence-corrected chi connectivity index (χ4v) is 4.18. The van der Waals surface area contributed by atoms with Crippen molar-refractivity contribution < 1.29 is 13.6 Å². The summed E-state index contributed by atoms with van der Waals surface area (Å²) in [5, 5.41) is 0. The van der Waals surface area contributed by atoms with E-state index in [0.717, 1.165) is 22.4 Å². The highest BCUT2D eigenvalue weighted by Crippen LogP contribution is 2.25. The van der Waals surface area contributed by atoms with Crippen LogP contribution in [0.5, 0.6) is 0 Å². The zero-order valence-corrected chi connectivity index (χ0v) is 17.4. The number of hydrogen-bond donors (Lipinski definition) is 0. The monoisotopic (exact) mass is 417 g/mol. The topological polar surface area (TPSA) is 41.6 Å². The van der Waals surface area contributed by atoms with E-state index in [-0.39, 0.29) is 11.7 Å². The van der Waals surface area contributed by atoms with E-state index in [1.807, 2.05) is 21.6 Å². The number of amides is 1. The van der Waals surface area contributed by atoms with Crippen molar-refractivity contribution in [2.45, 2.75) is 13.5 Å². The van der Waals surface area contributed by atoms with Crippen molar-refractivity contribution in [1.82, 2.24) is 9.47 Å². The van der Waals surface area contributed by atoms with E-state index in [1.54, 1.807) is 18.4 Å². The van der Waals surface area contributed by atoms with Crippen molar-refractivity contribution in [2.24, 2.45) is 0 Å². The predicted octanol–water partition coefficient (Wildman–Crippen LogP) is 4.69. The second kappa shape index (κ2) is 7.95. The Morgan fingerprint density at radius 1 is 0.968 bits per heavy atom. The van der Waals surface area contributed by atoms with E-state index in [4.69, 9.17) is 4.42 Å². The van der Waals surface area contributed by atoms with Crippen LogP contribution in [0.2, 0.25) is 0 Å². The van der Waals surface area contributed by atoms with Crippen LogP contribution in [0.25, 0.3) is 11.1 Å². The van der Waals surface area contributed by atoms with Crippen LogP contribution in [0.3, 0.4) is 0 Å². The number of carbonyl (C=O) groups is 1. The summed E-state index contributed by atoms with van der Waals surface area (Å²) in [6.07, 6.45) is 1.66. The van der Waals surface area contributed by atoms with Gasteiger partial charge in [0.25, 0.3) is 5.91 Å². The molecule has 4 aromatic rings. The number of hydrogen-bond acceptors (Lipinski definition) is 3. The standard InChI is InChI=1S/C25H24FN3O2/c1-18-2-4-19(5-3-18)17-29-22-10-15-31-24(22)16-23(29)25(30)28-13-11-27(12-14-28)21-8-6-20(26)7-9-21/h2-10,15-16H,11-14,17H2,1H3. The average molecular weight is 417 g/mol. The molecule has 1 saturated heterocycles. The minimum Gasteiger partial charge on any atom is -0.463 e. The molecule has 0 N–H and O–H groups in total. The molecule has 0 spiro atoms. The molecule has 5 nitrogen and oxygen atoms in total. The molecular formula is C25H24FN3O2. The Kier molecular flexibility index (Phi) is 4.98. The summed E-state index contributed by atoms with van der Waals surface area (Å²) in [5.41, 5.74) is 5.62. The zero-order valence-electron chi connectivity index (χ0n) is 17.4. The van der Waals surface area contributed by atoms with Gasteiger partial charge in [-0.1, -0.05) is 29.8 Å². The van der Waals surface area contributed by atoms with Gasteiger partial charge in [-0.15, -0.1) is 0 Å². The summed E-state index contributed by atoms with van der Waals surface area (Å²) >= 11 is 0. The number of carbonyl (C=O) groups excluding carboxylic acids is 1. The molecule has 31 heavy (non-hydrogen) atoms. The van der Waals surface area contributed by atoms with Crippen LogP contribution in [0.15, 0.2) is 71.3 Å². The van der Waals surface area contributed by atoms with Crippen LogP contribution in [0.4, 0.5) is 10.1 Å². The molecule has 1 fully saturated rings. The Hall–Kier alpha value is -3.54. The number of nitrogens with zero attached hydrogens (tertiary/aromatic N) is 3. The largest absolute Gasteiger partial charge is 0.463 e. The molecule has 3 heterocycles. The van der Waals surface area contributed by atoms with Gasteiger partial charge in [-0.25, -0.2) is 4.39 Å². The van der Waals surface area contributed by atoms with Crippen LogP contribution in [0.1, 0.15) is 21.6 Å². The van der Waals surface area contributed by atoms with Crippen molar-refractivity contribution >= 4 is 22.7 Å². The summed E-state index contributed by atoms with van der Waals surface area (Å²) < 4.78 is 20.8. The predicted molar refractivity (Wildman–Crippen MR) is 119 cm³/mol. The lowest BCUT2D eigenvalue weighted by Crippen LogP contribution is -2.49. The summed E-state index contributed by atoms with van der Waals surface area (Å²) in [6.45, 7) is 5.34. The van der Waals surface area contributed by atoms with Crippen molar-refractivity contribution in [2.75, 3.05) is 31.1 Å². The van der Waals surface area contributed by atoms with E-state index in [0.29, 0.717) is 38.4 Å². The molecule has 1 amide bonds. The Balaban J connectivity index is 1.36. The molecule has 0 saturated carbocycles. The maximum absolute atomic E-state index is 13.4. The van der Waals surface area contributed by atoms with Gasteiger partial charge in [0, 0.05) is 50.5 Å². The minimum absolute atomic E-state index is 0.0114. The van der Waals surface area contributed by atoms with Crippen LogP contribution in [-0.4, -0.2) is 41.6 Å². The van der Waals surface area contributed by atoms with Crippen molar-refractivity contribution in [3.05, 3.63) is 89.6 Å². The van der Waals surface area contributed by atoms with E-state index in [1.165, 1.54) is 17.7 Å². The van der Waals surface area contributed by atoms with Gasteiger partial charge in [0.1, 0.15) is 11.5 Å². The van der Waals surface area contributed by atoms with Gasteiger partial charge in [0.05, 0.1) is 11.8 Å². The molecule has 6 heteroatoms.